The highest BCUT2D eigenvalue weighted by atomic mass is 16.6. The molecule has 7 heteroatoms. The molecule has 0 unspecified atom stereocenters. The Morgan fingerprint density at radius 1 is 0.941 bits per heavy atom. The number of fused-ring (bicyclic) bond motifs is 1. The summed E-state index contributed by atoms with van der Waals surface area (Å²) in [6.07, 6.45) is 8.68. The molecule has 4 rings (SSSR count). The highest BCUT2D eigenvalue weighted by Crippen LogP contribution is 2.37. The van der Waals surface area contributed by atoms with Crippen LogP contribution in [-0.2, 0) is 4.74 Å². The van der Waals surface area contributed by atoms with E-state index in [0.29, 0.717) is 35.5 Å². The molecular weight excluding hydrogens is 432 g/mol. The number of rotatable bonds is 7. The van der Waals surface area contributed by atoms with E-state index in [-0.39, 0.29) is 6.09 Å². The molecular formula is C27H32N2O5. The summed E-state index contributed by atoms with van der Waals surface area (Å²) in [6.45, 7) is 0.494. The first-order valence-corrected chi connectivity index (χ1v) is 11.8. The number of hydrogen-bond acceptors (Lipinski definition) is 6. The lowest BCUT2D eigenvalue weighted by molar-refractivity contribution is 0.130. The third-order valence-electron chi connectivity index (χ3n) is 6.35. The van der Waals surface area contributed by atoms with Gasteiger partial charge in [-0.05, 0) is 55.2 Å². The summed E-state index contributed by atoms with van der Waals surface area (Å²) in [5.41, 5.74) is 1.48. The van der Waals surface area contributed by atoms with E-state index in [2.05, 4.69) is 4.98 Å². The van der Waals surface area contributed by atoms with Gasteiger partial charge in [0.1, 0.15) is 11.5 Å². The van der Waals surface area contributed by atoms with Crippen molar-refractivity contribution in [1.29, 1.82) is 0 Å². The van der Waals surface area contributed by atoms with Crippen LogP contribution in [0.5, 0.6) is 23.0 Å². The fourth-order valence-electron chi connectivity index (χ4n) is 4.32. The predicted octanol–water partition coefficient (Wildman–Crippen LogP) is 6.59. The Balaban J connectivity index is 1.42. The normalized spacial score (nSPS) is 14.3. The molecule has 1 fully saturated rings. The minimum atomic E-state index is -0.334. The summed E-state index contributed by atoms with van der Waals surface area (Å²) in [7, 11) is 4.91. The molecule has 1 saturated carbocycles. The molecule has 0 N–H and O–H groups in total. The Morgan fingerprint density at radius 2 is 1.62 bits per heavy atom. The summed E-state index contributed by atoms with van der Waals surface area (Å²) in [5.74, 6) is 2.98. The predicted molar refractivity (Wildman–Crippen MR) is 132 cm³/mol. The van der Waals surface area contributed by atoms with Gasteiger partial charge >= 0.3 is 6.09 Å². The maximum Gasteiger partial charge on any atom is 0.414 e. The van der Waals surface area contributed by atoms with Gasteiger partial charge in [-0.15, -0.1) is 0 Å². The average molecular weight is 465 g/mol. The largest absolute Gasteiger partial charge is 0.493 e. The highest BCUT2D eigenvalue weighted by molar-refractivity contribution is 5.89. The number of aromatic nitrogens is 1. The molecule has 7 nitrogen and oxygen atoms in total. The number of pyridine rings is 1. The van der Waals surface area contributed by atoms with Crippen molar-refractivity contribution in [2.24, 2.45) is 5.92 Å². The SMILES string of the molecule is COc1cc2nccc(Oc3ccc(N(C)C(=O)OCC4CCCCCC4)cc3)c2cc1OC. The Kier molecular flexibility index (Phi) is 7.72. The molecule has 34 heavy (non-hydrogen) atoms. The van der Waals surface area contributed by atoms with Gasteiger partial charge in [0.05, 0.1) is 26.3 Å². The van der Waals surface area contributed by atoms with Crippen molar-refractivity contribution < 1.29 is 23.7 Å². The van der Waals surface area contributed by atoms with Crippen LogP contribution in [0.4, 0.5) is 10.5 Å². The van der Waals surface area contributed by atoms with Crippen molar-refractivity contribution in [3.8, 4) is 23.0 Å². The molecule has 3 aromatic rings. The number of nitrogens with zero attached hydrogens (tertiary/aromatic N) is 2. The third-order valence-corrected chi connectivity index (χ3v) is 6.35. The maximum atomic E-state index is 12.6. The van der Waals surface area contributed by atoms with Crippen molar-refractivity contribution in [2.75, 3.05) is 32.8 Å². The number of anilines is 1. The van der Waals surface area contributed by atoms with E-state index >= 15 is 0 Å². The molecule has 1 aromatic heterocycles. The molecule has 1 aliphatic rings. The third kappa shape index (κ3) is 5.53. The fraction of sp³-hybridized carbons (Fsp3) is 0.407. The van der Waals surface area contributed by atoms with Crippen molar-refractivity contribution in [2.45, 2.75) is 38.5 Å². The number of methoxy groups -OCH3 is 2. The molecule has 0 radical (unpaired) electrons. The van der Waals surface area contributed by atoms with Crippen LogP contribution in [0.15, 0.2) is 48.7 Å². The smallest absolute Gasteiger partial charge is 0.414 e. The van der Waals surface area contributed by atoms with Crippen LogP contribution in [0.1, 0.15) is 38.5 Å². The second-order valence-corrected chi connectivity index (χ2v) is 8.62. The average Bonchev–Trinajstić information content (AvgIpc) is 3.15. The van der Waals surface area contributed by atoms with Gasteiger partial charge in [0.25, 0.3) is 0 Å². The van der Waals surface area contributed by atoms with Crippen LogP contribution in [0.25, 0.3) is 10.9 Å². The fourth-order valence-corrected chi connectivity index (χ4v) is 4.32. The number of hydrogen-bond donors (Lipinski definition) is 0. The summed E-state index contributed by atoms with van der Waals surface area (Å²) >= 11 is 0. The number of carbonyl (C=O) groups excluding carboxylic acids is 1. The summed E-state index contributed by atoms with van der Waals surface area (Å²) < 4.78 is 22.5. The quantitative estimate of drug-likeness (QED) is 0.368. The number of ether oxygens (including phenoxy) is 4. The standard InChI is InChI=1S/C27H32N2O5/c1-29(27(30)33-18-19-8-6-4-5-7-9-19)20-10-12-21(13-11-20)34-24-14-15-28-23-17-26(32-3)25(31-2)16-22(23)24/h10-17,19H,4-9,18H2,1-3H3. The Bertz CT molecular complexity index is 1110. The molecule has 1 aliphatic carbocycles. The van der Waals surface area contributed by atoms with Crippen LogP contribution in [0.3, 0.4) is 0 Å². The van der Waals surface area contributed by atoms with Crippen molar-refractivity contribution in [3.63, 3.8) is 0 Å². The first-order chi connectivity index (χ1) is 16.6. The van der Waals surface area contributed by atoms with Gasteiger partial charge in [0, 0.05) is 30.4 Å². The van der Waals surface area contributed by atoms with Crippen molar-refractivity contribution in [3.05, 3.63) is 48.7 Å². The molecule has 2 aromatic carbocycles. The van der Waals surface area contributed by atoms with Crippen molar-refractivity contribution in [1.82, 2.24) is 4.98 Å². The monoisotopic (exact) mass is 464 g/mol. The summed E-state index contributed by atoms with van der Waals surface area (Å²) in [6, 6.07) is 12.8. The maximum absolute atomic E-state index is 12.6. The van der Waals surface area contributed by atoms with Crippen LogP contribution in [0.2, 0.25) is 0 Å². The molecule has 0 spiro atoms. The lowest BCUT2D eigenvalue weighted by Crippen LogP contribution is -2.28. The van der Waals surface area contributed by atoms with Crippen molar-refractivity contribution >= 4 is 22.7 Å². The van der Waals surface area contributed by atoms with Gasteiger partial charge in [-0.3, -0.25) is 9.88 Å². The zero-order chi connectivity index (χ0) is 23.9. The molecule has 0 bridgehead atoms. The van der Waals surface area contributed by atoms with Gasteiger partial charge in [0.15, 0.2) is 11.5 Å². The van der Waals surface area contributed by atoms with E-state index in [1.807, 2.05) is 36.4 Å². The van der Waals surface area contributed by atoms with E-state index in [9.17, 15) is 4.79 Å². The highest BCUT2D eigenvalue weighted by Gasteiger charge is 2.18. The molecule has 1 heterocycles. The van der Waals surface area contributed by atoms with Crippen LogP contribution >= 0.6 is 0 Å². The van der Waals surface area contributed by atoms with Crippen LogP contribution in [0, 0.1) is 5.92 Å². The van der Waals surface area contributed by atoms with Crippen LogP contribution in [-0.4, -0.2) is 39.0 Å². The van der Waals surface area contributed by atoms with E-state index < -0.39 is 0 Å². The van der Waals surface area contributed by atoms with E-state index in [0.717, 1.165) is 29.4 Å². The van der Waals surface area contributed by atoms with Gasteiger partial charge in [0.2, 0.25) is 0 Å². The number of benzene rings is 2. The Morgan fingerprint density at radius 3 is 2.29 bits per heavy atom. The van der Waals surface area contributed by atoms with Gasteiger partial charge in [-0.2, -0.15) is 0 Å². The van der Waals surface area contributed by atoms with E-state index in [1.54, 1.807) is 33.5 Å². The second kappa shape index (κ2) is 11.1. The topological polar surface area (TPSA) is 70.1 Å². The van der Waals surface area contributed by atoms with E-state index in [1.165, 1.54) is 30.6 Å². The first-order valence-electron chi connectivity index (χ1n) is 11.8. The zero-order valence-electron chi connectivity index (χ0n) is 20.1. The van der Waals surface area contributed by atoms with E-state index in [4.69, 9.17) is 18.9 Å². The Labute approximate surface area is 200 Å². The second-order valence-electron chi connectivity index (χ2n) is 8.62. The summed E-state index contributed by atoms with van der Waals surface area (Å²) in [4.78, 5) is 18.5. The van der Waals surface area contributed by atoms with Crippen LogP contribution < -0.4 is 19.1 Å². The lowest BCUT2D eigenvalue weighted by atomic mass is 10.0. The van der Waals surface area contributed by atoms with Gasteiger partial charge in [-0.1, -0.05) is 25.7 Å². The number of carbonyl (C=O) groups is 1. The van der Waals surface area contributed by atoms with Gasteiger partial charge < -0.3 is 18.9 Å². The lowest BCUT2D eigenvalue weighted by Gasteiger charge is -2.20. The minimum Gasteiger partial charge on any atom is -0.493 e. The molecule has 180 valence electrons. The molecule has 0 aliphatic heterocycles. The van der Waals surface area contributed by atoms with Gasteiger partial charge in [-0.25, -0.2) is 4.79 Å². The number of amides is 1. The molecule has 0 atom stereocenters. The zero-order valence-corrected chi connectivity index (χ0v) is 20.1. The Hall–Kier alpha value is -3.48. The first kappa shape index (κ1) is 23.7. The minimum absolute atomic E-state index is 0.334. The molecule has 1 amide bonds. The summed E-state index contributed by atoms with van der Waals surface area (Å²) in [5, 5.41) is 0.809. The molecule has 0 saturated heterocycles.